The monoisotopic (exact) mass is 182 g/mol. The highest BCUT2D eigenvalue weighted by Gasteiger charge is 2.17. The van der Waals surface area contributed by atoms with Crippen molar-refractivity contribution in [2.45, 2.75) is 45.7 Å². The van der Waals surface area contributed by atoms with Gasteiger partial charge in [-0.1, -0.05) is 12.8 Å². The lowest BCUT2D eigenvalue weighted by Crippen LogP contribution is -2.49. The van der Waals surface area contributed by atoms with Gasteiger partial charge in [0.25, 0.3) is 0 Å². The van der Waals surface area contributed by atoms with E-state index in [2.05, 4.69) is 16.6 Å². The summed E-state index contributed by atoms with van der Waals surface area (Å²) in [4.78, 5) is 11.3. The highest BCUT2D eigenvalue weighted by atomic mass is 16.2. The van der Waals surface area contributed by atoms with E-state index in [-0.39, 0.29) is 17.6 Å². The van der Waals surface area contributed by atoms with Crippen molar-refractivity contribution in [2.75, 3.05) is 0 Å². The fourth-order valence-corrected chi connectivity index (χ4v) is 0.670. The van der Waals surface area contributed by atoms with Crippen molar-refractivity contribution >= 4 is 6.03 Å². The van der Waals surface area contributed by atoms with Crippen LogP contribution in [0.3, 0.4) is 0 Å². The summed E-state index contributed by atoms with van der Waals surface area (Å²) in [6, 6.07) is -0.440. The van der Waals surface area contributed by atoms with Crippen molar-refractivity contribution in [1.82, 2.24) is 10.6 Å². The molecule has 0 rings (SSSR count). The van der Waals surface area contributed by atoms with Gasteiger partial charge in [-0.2, -0.15) is 0 Å². The van der Waals surface area contributed by atoms with E-state index in [0.29, 0.717) is 0 Å². The van der Waals surface area contributed by atoms with Crippen LogP contribution in [0, 0.1) is 12.3 Å². The summed E-state index contributed by atoms with van der Waals surface area (Å²) in [6.45, 7) is 7.71. The predicted octanol–water partition coefficient (Wildman–Crippen LogP) is 1.50. The van der Waals surface area contributed by atoms with Gasteiger partial charge in [-0.25, -0.2) is 4.79 Å². The van der Waals surface area contributed by atoms with Crippen LogP contribution in [0.2, 0.25) is 0 Å². The van der Waals surface area contributed by atoms with Crippen LogP contribution >= 0.6 is 0 Å². The van der Waals surface area contributed by atoms with E-state index in [1.807, 2.05) is 20.8 Å². The summed E-state index contributed by atoms with van der Waals surface area (Å²) >= 11 is 0. The molecule has 2 N–H and O–H groups in total. The molecular weight excluding hydrogens is 164 g/mol. The maximum Gasteiger partial charge on any atom is 0.316 e. The molecule has 0 heterocycles. The minimum atomic E-state index is -0.229. The highest BCUT2D eigenvalue weighted by Crippen LogP contribution is 2.05. The smallest absolute Gasteiger partial charge is 0.316 e. The van der Waals surface area contributed by atoms with Crippen molar-refractivity contribution in [3.05, 3.63) is 0 Å². The highest BCUT2D eigenvalue weighted by molar-refractivity contribution is 5.75. The van der Waals surface area contributed by atoms with Crippen LogP contribution in [0.25, 0.3) is 0 Å². The lowest BCUT2D eigenvalue weighted by Gasteiger charge is -2.25. The molecule has 0 aliphatic heterocycles. The summed E-state index contributed by atoms with van der Waals surface area (Å²) in [7, 11) is 0. The van der Waals surface area contributed by atoms with Crippen LogP contribution in [-0.2, 0) is 0 Å². The first-order chi connectivity index (χ1) is 5.91. The third-order valence-electron chi connectivity index (χ3n) is 1.93. The lowest BCUT2D eigenvalue weighted by atomic mass is 10.0. The fraction of sp³-hybridized carbons (Fsp3) is 0.700. The summed E-state index contributed by atoms with van der Waals surface area (Å²) in [5.41, 5.74) is -0.182. The van der Waals surface area contributed by atoms with E-state index >= 15 is 0 Å². The zero-order valence-corrected chi connectivity index (χ0v) is 8.77. The second kappa shape index (κ2) is 4.76. The third-order valence-corrected chi connectivity index (χ3v) is 1.93. The molecule has 0 fully saturated rings. The van der Waals surface area contributed by atoms with Crippen LogP contribution in [-0.4, -0.2) is 17.6 Å². The van der Waals surface area contributed by atoms with E-state index in [9.17, 15) is 4.79 Å². The van der Waals surface area contributed by atoms with Crippen LogP contribution in [0.15, 0.2) is 0 Å². The molecule has 0 aliphatic rings. The first kappa shape index (κ1) is 11.8. The van der Waals surface area contributed by atoms with Crippen LogP contribution in [0.4, 0.5) is 4.79 Å². The molecule has 3 nitrogen and oxygen atoms in total. The van der Waals surface area contributed by atoms with Gasteiger partial charge in [0.1, 0.15) is 0 Å². The average Bonchev–Trinajstić information content (AvgIpc) is 2.03. The van der Waals surface area contributed by atoms with E-state index in [4.69, 9.17) is 6.42 Å². The molecule has 74 valence electrons. The van der Waals surface area contributed by atoms with Gasteiger partial charge in [-0.3, -0.25) is 0 Å². The number of rotatable bonds is 3. The Morgan fingerprint density at radius 3 is 2.54 bits per heavy atom. The summed E-state index contributed by atoms with van der Waals surface area (Å²) in [5.74, 6) is 2.43. The molecule has 0 aliphatic carbocycles. The Kier molecular flexibility index (Phi) is 4.33. The Morgan fingerprint density at radius 1 is 1.62 bits per heavy atom. The van der Waals surface area contributed by atoms with E-state index < -0.39 is 0 Å². The van der Waals surface area contributed by atoms with Crippen molar-refractivity contribution < 1.29 is 4.79 Å². The maximum atomic E-state index is 11.3. The molecule has 2 amide bonds. The number of amides is 2. The van der Waals surface area contributed by atoms with Gasteiger partial charge < -0.3 is 10.6 Å². The molecule has 0 saturated heterocycles. The summed E-state index contributed by atoms with van der Waals surface area (Å²) in [6.07, 6.45) is 6.00. The molecular formula is C10H18N2O. The van der Waals surface area contributed by atoms with Crippen molar-refractivity contribution in [3.8, 4) is 12.3 Å². The molecule has 0 radical (unpaired) electrons. The van der Waals surface area contributed by atoms with Crippen LogP contribution < -0.4 is 10.6 Å². The van der Waals surface area contributed by atoms with Gasteiger partial charge in [0, 0.05) is 5.54 Å². The predicted molar refractivity (Wildman–Crippen MR) is 54.3 cm³/mol. The molecule has 0 aromatic carbocycles. The van der Waals surface area contributed by atoms with Gasteiger partial charge in [0.05, 0.1) is 6.04 Å². The average molecular weight is 182 g/mol. The number of urea groups is 1. The summed E-state index contributed by atoms with van der Waals surface area (Å²) < 4.78 is 0. The Bertz CT molecular complexity index is 215. The maximum absolute atomic E-state index is 11.3. The molecule has 0 saturated carbocycles. The van der Waals surface area contributed by atoms with E-state index in [1.54, 1.807) is 6.92 Å². The van der Waals surface area contributed by atoms with E-state index in [0.717, 1.165) is 6.42 Å². The minimum absolute atomic E-state index is 0.182. The number of terminal acetylenes is 1. The number of carbonyl (C=O) groups excluding carboxylic acids is 1. The standard InChI is InChI=1S/C10H18N2O/c1-6-8(3)11-9(13)12-10(4,5)7-2/h1,8H,7H2,2-5H3,(H2,11,12,13). The normalized spacial score (nSPS) is 12.8. The Morgan fingerprint density at radius 2 is 2.15 bits per heavy atom. The molecule has 0 bridgehead atoms. The Balaban J connectivity index is 3.96. The van der Waals surface area contributed by atoms with Crippen LogP contribution in [0.5, 0.6) is 0 Å². The number of carbonyl (C=O) groups is 1. The molecule has 0 aromatic rings. The number of hydrogen-bond donors (Lipinski definition) is 2. The lowest BCUT2D eigenvalue weighted by molar-refractivity contribution is 0.228. The van der Waals surface area contributed by atoms with Crippen molar-refractivity contribution in [2.24, 2.45) is 0 Å². The third kappa shape index (κ3) is 5.13. The quantitative estimate of drug-likeness (QED) is 0.638. The molecule has 0 aromatic heterocycles. The van der Waals surface area contributed by atoms with E-state index in [1.165, 1.54) is 0 Å². The molecule has 1 unspecified atom stereocenters. The van der Waals surface area contributed by atoms with Gasteiger partial charge in [-0.15, -0.1) is 6.42 Å². The zero-order valence-electron chi connectivity index (χ0n) is 8.77. The topological polar surface area (TPSA) is 41.1 Å². The zero-order chi connectivity index (χ0) is 10.5. The molecule has 0 spiro atoms. The second-order valence-corrected chi connectivity index (χ2v) is 3.72. The summed E-state index contributed by atoms with van der Waals surface area (Å²) in [5, 5.41) is 5.46. The first-order valence-corrected chi connectivity index (χ1v) is 4.46. The van der Waals surface area contributed by atoms with Crippen molar-refractivity contribution in [1.29, 1.82) is 0 Å². The first-order valence-electron chi connectivity index (χ1n) is 4.46. The fourth-order valence-electron chi connectivity index (χ4n) is 0.670. The van der Waals surface area contributed by atoms with Gasteiger partial charge in [0.15, 0.2) is 0 Å². The Labute approximate surface area is 80.3 Å². The molecule has 1 atom stereocenters. The SMILES string of the molecule is C#CC(C)NC(=O)NC(C)(C)CC. The van der Waals surface area contributed by atoms with Gasteiger partial charge in [-0.05, 0) is 27.2 Å². The van der Waals surface area contributed by atoms with Crippen molar-refractivity contribution in [3.63, 3.8) is 0 Å². The van der Waals surface area contributed by atoms with Gasteiger partial charge in [0.2, 0.25) is 0 Å². The number of hydrogen-bond acceptors (Lipinski definition) is 1. The molecule has 13 heavy (non-hydrogen) atoms. The molecule has 3 heteroatoms. The Hall–Kier alpha value is -1.17. The van der Waals surface area contributed by atoms with Gasteiger partial charge >= 0.3 is 6.03 Å². The number of nitrogens with one attached hydrogen (secondary N) is 2. The van der Waals surface area contributed by atoms with Crippen LogP contribution in [0.1, 0.15) is 34.1 Å². The largest absolute Gasteiger partial charge is 0.333 e. The second-order valence-electron chi connectivity index (χ2n) is 3.72. The minimum Gasteiger partial charge on any atom is -0.333 e.